The average Bonchev–Trinajstić information content (AvgIpc) is 2.32. The summed E-state index contributed by atoms with van der Waals surface area (Å²) in [5.74, 6) is -0.448. The topological polar surface area (TPSA) is 96.6 Å². The molecule has 0 atom stereocenters. The molecular formula is C12H15N3O4. The molecule has 1 heterocycles. The van der Waals surface area contributed by atoms with Gasteiger partial charge in [-0.1, -0.05) is 6.42 Å². The highest BCUT2D eigenvalue weighted by atomic mass is 16.6. The molecule has 0 amide bonds. The summed E-state index contributed by atoms with van der Waals surface area (Å²) in [7, 11) is 1.74. The van der Waals surface area contributed by atoms with Gasteiger partial charge in [0.15, 0.2) is 0 Å². The Bertz CT molecular complexity index is 514. The second-order valence-electron chi connectivity index (χ2n) is 4.81. The molecule has 0 unspecified atom stereocenters. The lowest BCUT2D eigenvalue weighted by molar-refractivity contribution is -0.384. The first-order chi connectivity index (χ1) is 8.99. The van der Waals surface area contributed by atoms with Crippen LogP contribution in [0, 0.1) is 16.0 Å². The Morgan fingerprint density at radius 3 is 2.79 bits per heavy atom. The van der Waals surface area contributed by atoms with Crippen molar-refractivity contribution in [2.24, 2.45) is 5.92 Å². The van der Waals surface area contributed by atoms with Gasteiger partial charge in [0.05, 0.1) is 10.5 Å². The third-order valence-corrected chi connectivity index (χ3v) is 3.41. The molecule has 2 rings (SSSR count). The van der Waals surface area contributed by atoms with Gasteiger partial charge in [-0.3, -0.25) is 10.1 Å². The Labute approximate surface area is 110 Å². The van der Waals surface area contributed by atoms with Crippen LogP contribution in [0.25, 0.3) is 0 Å². The van der Waals surface area contributed by atoms with Crippen molar-refractivity contribution in [2.45, 2.75) is 19.3 Å². The summed E-state index contributed by atoms with van der Waals surface area (Å²) in [6.07, 6.45) is 4.62. The molecule has 7 nitrogen and oxygen atoms in total. The zero-order valence-electron chi connectivity index (χ0n) is 10.6. The molecule has 1 aliphatic carbocycles. The molecule has 0 spiro atoms. The van der Waals surface area contributed by atoms with Crippen molar-refractivity contribution in [1.82, 2.24) is 4.98 Å². The summed E-state index contributed by atoms with van der Waals surface area (Å²) in [5, 5.41) is 19.9. The number of hydrogen-bond donors (Lipinski definition) is 1. The highest BCUT2D eigenvalue weighted by molar-refractivity contribution is 5.88. The molecule has 1 saturated carbocycles. The molecule has 0 aromatic carbocycles. The van der Waals surface area contributed by atoms with Crippen LogP contribution in [-0.4, -0.2) is 34.6 Å². The fourth-order valence-electron chi connectivity index (χ4n) is 2.14. The third kappa shape index (κ3) is 2.81. The molecule has 1 aromatic heterocycles. The fourth-order valence-corrected chi connectivity index (χ4v) is 2.14. The van der Waals surface area contributed by atoms with E-state index in [-0.39, 0.29) is 17.1 Å². The predicted molar refractivity (Wildman–Crippen MR) is 68.5 cm³/mol. The standard InChI is InChI=1S/C12H15N3O4/c1-14(7-8-3-2-4-8)11-10(15(18)19)5-9(6-13-11)12(16)17/h5-6,8H,2-4,7H2,1H3,(H,16,17). The number of aromatic carboxylic acids is 1. The van der Waals surface area contributed by atoms with Crippen LogP contribution in [0.1, 0.15) is 29.6 Å². The van der Waals surface area contributed by atoms with Gasteiger partial charge < -0.3 is 10.0 Å². The van der Waals surface area contributed by atoms with Crippen molar-refractivity contribution in [3.05, 3.63) is 27.9 Å². The van der Waals surface area contributed by atoms with Gasteiger partial charge in [0.1, 0.15) is 0 Å². The van der Waals surface area contributed by atoms with E-state index < -0.39 is 10.9 Å². The molecule has 1 aliphatic rings. The van der Waals surface area contributed by atoms with Crippen LogP contribution in [0.5, 0.6) is 0 Å². The monoisotopic (exact) mass is 265 g/mol. The largest absolute Gasteiger partial charge is 0.478 e. The number of anilines is 1. The first-order valence-corrected chi connectivity index (χ1v) is 6.08. The number of pyridine rings is 1. The number of hydrogen-bond acceptors (Lipinski definition) is 5. The summed E-state index contributed by atoms with van der Waals surface area (Å²) in [4.78, 5) is 26.9. The molecular weight excluding hydrogens is 250 g/mol. The minimum absolute atomic E-state index is 0.174. The maximum Gasteiger partial charge on any atom is 0.337 e. The van der Waals surface area contributed by atoms with Crippen LogP contribution in [0.3, 0.4) is 0 Å². The van der Waals surface area contributed by atoms with E-state index in [4.69, 9.17) is 5.11 Å². The van der Waals surface area contributed by atoms with Crippen LogP contribution >= 0.6 is 0 Å². The average molecular weight is 265 g/mol. The second-order valence-corrected chi connectivity index (χ2v) is 4.81. The van der Waals surface area contributed by atoms with Crippen LogP contribution < -0.4 is 4.90 Å². The number of carboxylic acids is 1. The zero-order chi connectivity index (χ0) is 14.0. The van der Waals surface area contributed by atoms with E-state index in [9.17, 15) is 14.9 Å². The molecule has 0 radical (unpaired) electrons. The highest BCUT2D eigenvalue weighted by Gasteiger charge is 2.25. The quantitative estimate of drug-likeness (QED) is 0.645. The van der Waals surface area contributed by atoms with Gasteiger partial charge in [-0.25, -0.2) is 9.78 Å². The van der Waals surface area contributed by atoms with E-state index in [1.54, 1.807) is 11.9 Å². The molecule has 1 fully saturated rings. The van der Waals surface area contributed by atoms with Gasteiger partial charge in [-0.15, -0.1) is 0 Å². The minimum Gasteiger partial charge on any atom is -0.478 e. The van der Waals surface area contributed by atoms with Crippen LogP contribution in [0.15, 0.2) is 12.3 Å². The summed E-state index contributed by atoms with van der Waals surface area (Å²) in [6.45, 7) is 0.709. The highest BCUT2D eigenvalue weighted by Crippen LogP contribution is 2.31. The van der Waals surface area contributed by atoms with Crippen molar-refractivity contribution in [3.63, 3.8) is 0 Å². The molecule has 102 valence electrons. The van der Waals surface area contributed by atoms with E-state index in [1.165, 1.54) is 6.42 Å². The molecule has 1 N–H and O–H groups in total. The number of carboxylic acid groups (broad SMARTS) is 1. The first-order valence-electron chi connectivity index (χ1n) is 6.08. The van der Waals surface area contributed by atoms with Crippen molar-refractivity contribution in [1.29, 1.82) is 0 Å². The third-order valence-electron chi connectivity index (χ3n) is 3.41. The Hall–Kier alpha value is -2.18. The van der Waals surface area contributed by atoms with E-state index in [2.05, 4.69) is 4.98 Å². The lowest BCUT2D eigenvalue weighted by Crippen LogP contribution is -2.30. The SMILES string of the molecule is CN(CC1CCC1)c1ncc(C(=O)O)cc1[N+](=O)[O-]. The molecule has 7 heteroatoms. The fraction of sp³-hybridized carbons (Fsp3) is 0.500. The number of aromatic nitrogens is 1. The number of nitrogens with zero attached hydrogens (tertiary/aromatic N) is 3. The van der Waals surface area contributed by atoms with Gasteiger partial charge in [0.2, 0.25) is 5.82 Å². The summed E-state index contributed by atoms with van der Waals surface area (Å²) in [5.41, 5.74) is -0.436. The maximum atomic E-state index is 11.0. The second kappa shape index (κ2) is 5.21. The van der Waals surface area contributed by atoms with Crippen molar-refractivity contribution >= 4 is 17.5 Å². The Balaban J connectivity index is 2.27. The molecule has 19 heavy (non-hydrogen) atoms. The van der Waals surface area contributed by atoms with Gasteiger partial charge in [0.25, 0.3) is 0 Å². The van der Waals surface area contributed by atoms with E-state index in [0.717, 1.165) is 25.1 Å². The van der Waals surface area contributed by atoms with Crippen LogP contribution in [0.4, 0.5) is 11.5 Å². The number of rotatable bonds is 5. The zero-order valence-corrected chi connectivity index (χ0v) is 10.6. The van der Waals surface area contributed by atoms with E-state index >= 15 is 0 Å². The Morgan fingerprint density at radius 2 is 2.32 bits per heavy atom. The normalized spacial score (nSPS) is 14.8. The summed E-state index contributed by atoms with van der Waals surface area (Å²) < 4.78 is 0. The lowest BCUT2D eigenvalue weighted by Gasteiger charge is -2.30. The molecule has 0 saturated heterocycles. The predicted octanol–water partition coefficient (Wildman–Crippen LogP) is 1.92. The minimum atomic E-state index is -1.22. The van der Waals surface area contributed by atoms with Gasteiger partial charge >= 0.3 is 11.7 Å². The first kappa shape index (κ1) is 13.3. The molecule has 0 bridgehead atoms. The van der Waals surface area contributed by atoms with Crippen LogP contribution in [0.2, 0.25) is 0 Å². The number of carbonyl (C=O) groups is 1. The van der Waals surface area contributed by atoms with Gasteiger partial charge in [-0.05, 0) is 18.8 Å². The Kier molecular flexibility index (Phi) is 3.64. The van der Waals surface area contributed by atoms with E-state index in [0.29, 0.717) is 12.5 Å². The Morgan fingerprint density at radius 1 is 1.63 bits per heavy atom. The summed E-state index contributed by atoms with van der Waals surface area (Å²) >= 11 is 0. The van der Waals surface area contributed by atoms with Crippen molar-refractivity contribution in [3.8, 4) is 0 Å². The maximum absolute atomic E-state index is 11.0. The van der Waals surface area contributed by atoms with Crippen molar-refractivity contribution < 1.29 is 14.8 Å². The smallest absolute Gasteiger partial charge is 0.337 e. The van der Waals surface area contributed by atoms with Gasteiger partial charge in [0, 0.05) is 25.9 Å². The number of nitro groups is 1. The molecule has 0 aliphatic heterocycles. The summed E-state index contributed by atoms with van der Waals surface area (Å²) in [6, 6.07) is 1.06. The van der Waals surface area contributed by atoms with E-state index in [1.807, 2.05) is 0 Å². The molecule has 1 aromatic rings. The van der Waals surface area contributed by atoms with Gasteiger partial charge in [-0.2, -0.15) is 0 Å². The lowest BCUT2D eigenvalue weighted by atomic mass is 9.85. The van der Waals surface area contributed by atoms with Crippen molar-refractivity contribution in [2.75, 3.05) is 18.5 Å². The van der Waals surface area contributed by atoms with Crippen LogP contribution in [-0.2, 0) is 0 Å².